The number of aromatic nitrogens is 3. The van der Waals surface area contributed by atoms with Crippen LogP contribution in [0.5, 0.6) is 0 Å². The lowest BCUT2D eigenvalue weighted by molar-refractivity contribution is 0.102. The molecule has 0 aliphatic rings. The lowest BCUT2D eigenvalue weighted by atomic mass is 10.1. The Morgan fingerprint density at radius 2 is 2.14 bits per heavy atom. The van der Waals surface area contributed by atoms with Crippen LogP contribution >= 0.6 is 11.6 Å². The van der Waals surface area contributed by atoms with Crippen molar-refractivity contribution in [1.29, 1.82) is 0 Å². The number of pyridine rings is 1. The largest absolute Gasteiger partial charge is 0.305 e. The van der Waals surface area contributed by atoms with Crippen LogP contribution < -0.4 is 5.32 Å². The Labute approximate surface area is 129 Å². The molecule has 0 atom stereocenters. The van der Waals surface area contributed by atoms with Gasteiger partial charge in [-0.1, -0.05) is 38.8 Å². The summed E-state index contributed by atoms with van der Waals surface area (Å²) in [6.07, 6.45) is 1.93. The van der Waals surface area contributed by atoms with E-state index in [1.165, 1.54) is 0 Å². The lowest BCUT2D eigenvalue weighted by Gasteiger charge is -2.08. The van der Waals surface area contributed by atoms with E-state index in [4.69, 9.17) is 11.6 Å². The van der Waals surface area contributed by atoms with Gasteiger partial charge in [-0.3, -0.25) is 9.89 Å². The highest BCUT2D eigenvalue weighted by molar-refractivity contribution is 6.29. The van der Waals surface area contributed by atoms with E-state index in [0.29, 0.717) is 16.5 Å². The van der Waals surface area contributed by atoms with Gasteiger partial charge in [0, 0.05) is 23.0 Å². The molecular weight excluding hydrogens is 288 g/mol. The van der Waals surface area contributed by atoms with Gasteiger partial charge in [-0.25, -0.2) is 4.98 Å². The molecule has 0 aromatic carbocycles. The second-order valence-corrected chi connectivity index (χ2v) is 5.63. The second-order valence-electron chi connectivity index (χ2n) is 5.24. The van der Waals surface area contributed by atoms with Crippen molar-refractivity contribution in [3.63, 3.8) is 0 Å². The molecule has 2 aromatic rings. The Hall–Kier alpha value is -1.88. The molecule has 112 valence electrons. The first-order chi connectivity index (χ1) is 9.99. The van der Waals surface area contributed by atoms with Crippen molar-refractivity contribution in [2.75, 3.05) is 5.32 Å². The van der Waals surface area contributed by atoms with E-state index >= 15 is 0 Å². The number of hydrogen-bond acceptors (Lipinski definition) is 3. The maximum absolute atomic E-state index is 12.3. The van der Waals surface area contributed by atoms with Crippen LogP contribution in [0.3, 0.4) is 0 Å². The predicted octanol–water partition coefficient (Wildman–Crippen LogP) is 3.79. The van der Waals surface area contributed by atoms with Crippen LogP contribution in [0.1, 0.15) is 54.9 Å². The number of carbonyl (C=O) groups excluding carboxylic acids is 1. The molecule has 1 amide bonds. The number of anilines is 1. The Morgan fingerprint density at radius 1 is 1.38 bits per heavy atom. The van der Waals surface area contributed by atoms with Gasteiger partial charge in [-0.05, 0) is 24.5 Å². The fourth-order valence-corrected chi connectivity index (χ4v) is 2.17. The number of hydrogen-bond donors (Lipinski definition) is 2. The van der Waals surface area contributed by atoms with Crippen molar-refractivity contribution in [3.05, 3.63) is 40.3 Å². The van der Waals surface area contributed by atoms with Crippen molar-refractivity contribution in [1.82, 2.24) is 15.2 Å². The molecule has 2 rings (SSSR count). The van der Waals surface area contributed by atoms with Gasteiger partial charge in [0.1, 0.15) is 5.15 Å². The summed E-state index contributed by atoms with van der Waals surface area (Å²) in [7, 11) is 0. The minimum Gasteiger partial charge on any atom is -0.305 e. The van der Waals surface area contributed by atoms with Crippen molar-refractivity contribution in [2.24, 2.45) is 0 Å². The quantitative estimate of drug-likeness (QED) is 0.826. The fraction of sp³-hybridized carbons (Fsp3) is 0.400. The van der Waals surface area contributed by atoms with Crippen LogP contribution in [0.25, 0.3) is 0 Å². The van der Waals surface area contributed by atoms with Crippen LogP contribution in [0, 0.1) is 0 Å². The van der Waals surface area contributed by atoms with E-state index in [9.17, 15) is 4.79 Å². The number of carbonyl (C=O) groups is 1. The van der Waals surface area contributed by atoms with Gasteiger partial charge in [0.2, 0.25) is 0 Å². The van der Waals surface area contributed by atoms with Gasteiger partial charge in [0.15, 0.2) is 5.82 Å². The number of H-pyrrole nitrogens is 1. The molecule has 2 heterocycles. The van der Waals surface area contributed by atoms with E-state index < -0.39 is 0 Å². The zero-order valence-corrected chi connectivity index (χ0v) is 13.2. The first-order valence-electron chi connectivity index (χ1n) is 7.02. The zero-order valence-electron chi connectivity index (χ0n) is 12.4. The predicted molar refractivity (Wildman–Crippen MR) is 83.9 cm³/mol. The van der Waals surface area contributed by atoms with Gasteiger partial charge in [-0.2, -0.15) is 5.10 Å². The van der Waals surface area contributed by atoms with E-state index in [2.05, 4.69) is 27.4 Å². The topological polar surface area (TPSA) is 70.7 Å². The SMILES string of the molecule is CCCc1cc(NC(=O)c2cc(Cl)nc(C(C)C)c2)n[nH]1. The lowest BCUT2D eigenvalue weighted by Crippen LogP contribution is -2.13. The van der Waals surface area contributed by atoms with Gasteiger partial charge in [0.25, 0.3) is 5.91 Å². The fourth-order valence-electron chi connectivity index (χ4n) is 1.96. The normalized spacial score (nSPS) is 10.9. The number of aryl methyl sites for hydroxylation is 1. The second kappa shape index (κ2) is 6.72. The number of aromatic amines is 1. The standard InChI is InChI=1S/C15H19ClN4O/c1-4-5-11-8-14(20-19-11)18-15(21)10-6-12(9(2)3)17-13(16)7-10/h6-9H,4-5H2,1-3H3,(H2,18,19,20,21). The molecule has 0 aliphatic carbocycles. The molecule has 2 aromatic heterocycles. The molecule has 6 heteroatoms. The maximum atomic E-state index is 12.3. The molecule has 21 heavy (non-hydrogen) atoms. The summed E-state index contributed by atoms with van der Waals surface area (Å²) >= 11 is 5.97. The smallest absolute Gasteiger partial charge is 0.257 e. The van der Waals surface area contributed by atoms with Crippen LogP contribution in [-0.4, -0.2) is 21.1 Å². The monoisotopic (exact) mass is 306 g/mol. The maximum Gasteiger partial charge on any atom is 0.257 e. The highest BCUT2D eigenvalue weighted by Gasteiger charge is 2.12. The number of halogens is 1. The van der Waals surface area contributed by atoms with Crippen molar-refractivity contribution < 1.29 is 4.79 Å². The Morgan fingerprint density at radius 3 is 2.81 bits per heavy atom. The minimum absolute atomic E-state index is 0.205. The summed E-state index contributed by atoms with van der Waals surface area (Å²) in [5.74, 6) is 0.482. The highest BCUT2D eigenvalue weighted by atomic mass is 35.5. The van der Waals surface area contributed by atoms with E-state index in [1.54, 1.807) is 12.1 Å². The van der Waals surface area contributed by atoms with Crippen LogP contribution in [-0.2, 0) is 6.42 Å². The van der Waals surface area contributed by atoms with Crippen molar-refractivity contribution >= 4 is 23.3 Å². The van der Waals surface area contributed by atoms with Gasteiger partial charge < -0.3 is 5.32 Å². The highest BCUT2D eigenvalue weighted by Crippen LogP contribution is 2.18. The van der Waals surface area contributed by atoms with Crippen molar-refractivity contribution in [3.8, 4) is 0 Å². The Kier molecular flexibility index (Phi) is 4.96. The van der Waals surface area contributed by atoms with Gasteiger partial charge >= 0.3 is 0 Å². The molecular formula is C15H19ClN4O. The third-order valence-electron chi connectivity index (χ3n) is 3.06. The molecule has 2 N–H and O–H groups in total. The minimum atomic E-state index is -0.240. The molecule has 0 unspecified atom stereocenters. The molecule has 0 fully saturated rings. The van der Waals surface area contributed by atoms with Crippen LogP contribution in [0.15, 0.2) is 18.2 Å². The summed E-state index contributed by atoms with van der Waals surface area (Å²) in [6.45, 7) is 6.10. The molecule has 5 nitrogen and oxygen atoms in total. The summed E-state index contributed by atoms with van der Waals surface area (Å²) in [5.41, 5.74) is 2.28. The first-order valence-corrected chi connectivity index (χ1v) is 7.40. The van der Waals surface area contributed by atoms with Gasteiger partial charge in [-0.15, -0.1) is 0 Å². The molecule has 0 bridgehead atoms. The first kappa shape index (κ1) is 15.5. The zero-order chi connectivity index (χ0) is 15.4. The molecule has 0 radical (unpaired) electrons. The van der Waals surface area contributed by atoms with Crippen LogP contribution in [0.2, 0.25) is 5.15 Å². The molecule has 0 saturated carbocycles. The summed E-state index contributed by atoms with van der Waals surface area (Å²) < 4.78 is 0. The average Bonchev–Trinajstić information content (AvgIpc) is 2.85. The molecule has 0 aliphatic heterocycles. The van der Waals surface area contributed by atoms with E-state index in [-0.39, 0.29) is 11.8 Å². The van der Waals surface area contributed by atoms with Gasteiger partial charge in [0.05, 0.1) is 0 Å². The summed E-state index contributed by atoms with van der Waals surface area (Å²) in [5, 5.41) is 10.1. The number of rotatable bonds is 5. The summed E-state index contributed by atoms with van der Waals surface area (Å²) in [4.78, 5) is 16.5. The molecule has 0 saturated heterocycles. The van der Waals surface area contributed by atoms with E-state index in [0.717, 1.165) is 24.2 Å². The Bertz CT molecular complexity index is 636. The van der Waals surface area contributed by atoms with E-state index in [1.807, 2.05) is 19.9 Å². The Balaban J connectivity index is 2.15. The average molecular weight is 307 g/mol. The number of nitrogens with one attached hydrogen (secondary N) is 2. The third-order valence-corrected chi connectivity index (χ3v) is 3.25. The van der Waals surface area contributed by atoms with Crippen molar-refractivity contribution in [2.45, 2.75) is 39.5 Å². The number of nitrogens with zero attached hydrogens (tertiary/aromatic N) is 2. The molecule has 0 spiro atoms. The van der Waals surface area contributed by atoms with Crippen LogP contribution in [0.4, 0.5) is 5.82 Å². The third kappa shape index (κ3) is 4.04. The number of amides is 1. The summed E-state index contributed by atoms with van der Waals surface area (Å²) in [6, 6.07) is 5.15.